The van der Waals surface area contributed by atoms with Gasteiger partial charge in [0.25, 0.3) is 15.9 Å². The number of sulfonamides is 1. The minimum Gasteiger partial charge on any atom is -0.351 e. The Bertz CT molecular complexity index is 887. The Kier molecular flexibility index (Phi) is 7.26. The third-order valence-electron chi connectivity index (χ3n) is 3.61. The molecule has 3 N–H and O–H groups in total. The molecular weight excluding hydrogens is 376 g/mol. The van der Waals surface area contributed by atoms with Crippen molar-refractivity contribution in [1.82, 2.24) is 10.6 Å². The molecule has 0 saturated carbocycles. The molecule has 6 nitrogen and oxygen atoms in total. The van der Waals surface area contributed by atoms with Crippen molar-refractivity contribution in [2.45, 2.75) is 18.2 Å². The summed E-state index contributed by atoms with van der Waals surface area (Å²) in [6.07, 6.45) is 1.01. The van der Waals surface area contributed by atoms with Gasteiger partial charge in [-0.1, -0.05) is 6.92 Å². The van der Waals surface area contributed by atoms with E-state index in [0.29, 0.717) is 24.7 Å². The summed E-state index contributed by atoms with van der Waals surface area (Å²) in [5.41, 5.74) is 0.571. The summed E-state index contributed by atoms with van der Waals surface area (Å²) in [6.45, 7) is 4.06. The molecule has 0 aliphatic heterocycles. The van der Waals surface area contributed by atoms with Crippen LogP contribution in [0.25, 0.3) is 0 Å². The highest BCUT2D eigenvalue weighted by Gasteiger charge is 2.17. The van der Waals surface area contributed by atoms with Gasteiger partial charge < -0.3 is 10.6 Å². The standard InChI is InChI=1S/C18H21F2N3O3S/c1-2-9-21-10-11-22-18(24)13-3-5-14(6-4-13)23-27(25,26)15-7-8-16(19)17(20)12-15/h3-8,12,21,23H,2,9-11H2,1H3,(H,22,24). The molecule has 2 aromatic rings. The van der Waals surface area contributed by atoms with Crippen molar-refractivity contribution >= 4 is 21.6 Å². The van der Waals surface area contributed by atoms with Crippen molar-refractivity contribution < 1.29 is 22.0 Å². The summed E-state index contributed by atoms with van der Waals surface area (Å²) in [5.74, 6) is -2.66. The number of carbonyl (C=O) groups excluding carboxylic acids is 1. The molecule has 2 aromatic carbocycles. The molecule has 0 aliphatic carbocycles. The SMILES string of the molecule is CCCNCCNC(=O)c1ccc(NS(=O)(=O)c2ccc(F)c(F)c2)cc1. The zero-order valence-electron chi connectivity index (χ0n) is 14.8. The van der Waals surface area contributed by atoms with Crippen LogP contribution in [0.2, 0.25) is 0 Å². The van der Waals surface area contributed by atoms with Crippen molar-refractivity contribution in [3.63, 3.8) is 0 Å². The number of benzene rings is 2. The van der Waals surface area contributed by atoms with Crippen LogP contribution in [0.5, 0.6) is 0 Å². The van der Waals surface area contributed by atoms with Crippen LogP contribution in [0.3, 0.4) is 0 Å². The van der Waals surface area contributed by atoms with Crippen LogP contribution in [0.15, 0.2) is 47.4 Å². The molecule has 2 rings (SSSR count). The Morgan fingerprint density at radius 2 is 1.67 bits per heavy atom. The highest BCUT2D eigenvalue weighted by molar-refractivity contribution is 7.92. The van der Waals surface area contributed by atoms with Gasteiger partial charge >= 0.3 is 0 Å². The van der Waals surface area contributed by atoms with E-state index >= 15 is 0 Å². The zero-order chi connectivity index (χ0) is 19.9. The molecule has 0 fully saturated rings. The van der Waals surface area contributed by atoms with Gasteiger partial charge in [-0.3, -0.25) is 9.52 Å². The summed E-state index contributed by atoms with van der Waals surface area (Å²) in [7, 11) is -4.07. The lowest BCUT2D eigenvalue weighted by Gasteiger charge is -2.10. The molecule has 0 radical (unpaired) electrons. The van der Waals surface area contributed by atoms with Crippen LogP contribution in [0.4, 0.5) is 14.5 Å². The van der Waals surface area contributed by atoms with Crippen molar-refractivity contribution in [2.24, 2.45) is 0 Å². The second-order valence-corrected chi connectivity index (χ2v) is 7.45. The van der Waals surface area contributed by atoms with Gasteiger partial charge in [-0.15, -0.1) is 0 Å². The molecule has 0 bridgehead atoms. The smallest absolute Gasteiger partial charge is 0.261 e. The van der Waals surface area contributed by atoms with Crippen LogP contribution in [-0.2, 0) is 10.0 Å². The summed E-state index contributed by atoms with van der Waals surface area (Å²) in [4.78, 5) is 11.6. The van der Waals surface area contributed by atoms with Crippen LogP contribution in [0, 0.1) is 11.6 Å². The molecule has 0 aromatic heterocycles. The Labute approximate surface area is 157 Å². The lowest BCUT2D eigenvalue weighted by molar-refractivity contribution is 0.0954. The average Bonchev–Trinajstić information content (AvgIpc) is 2.64. The summed E-state index contributed by atoms with van der Waals surface area (Å²) in [6, 6.07) is 8.09. The van der Waals surface area contributed by atoms with E-state index in [9.17, 15) is 22.0 Å². The lowest BCUT2D eigenvalue weighted by atomic mass is 10.2. The van der Waals surface area contributed by atoms with E-state index in [1.807, 2.05) is 6.92 Å². The van der Waals surface area contributed by atoms with Crippen LogP contribution < -0.4 is 15.4 Å². The summed E-state index contributed by atoms with van der Waals surface area (Å²) in [5, 5.41) is 5.90. The first-order valence-corrected chi connectivity index (χ1v) is 9.88. The van der Waals surface area contributed by atoms with Crippen LogP contribution in [0.1, 0.15) is 23.7 Å². The van der Waals surface area contributed by atoms with Crippen molar-refractivity contribution in [3.8, 4) is 0 Å². The summed E-state index contributed by atoms with van der Waals surface area (Å²) < 4.78 is 52.9. The molecule has 146 valence electrons. The van der Waals surface area contributed by atoms with E-state index < -0.39 is 26.6 Å². The van der Waals surface area contributed by atoms with Crippen LogP contribution in [-0.4, -0.2) is 34.0 Å². The zero-order valence-corrected chi connectivity index (χ0v) is 15.6. The van der Waals surface area contributed by atoms with E-state index in [4.69, 9.17) is 0 Å². The summed E-state index contributed by atoms with van der Waals surface area (Å²) >= 11 is 0. The molecule has 0 heterocycles. The van der Waals surface area contributed by atoms with Crippen molar-refractivity contribution in [1.29, 1.82) is 0 Å². The Morgan fingerprint density at radius 3 is 2.30 bits per heavy atom. The molecule has 0 atom stereocenters. The van der Waals surface area contributed by atoms with Gasteiger partial charge in [0, 0.05) is 24.3 Å². The first-order chi connectivity index (χ1) is 12.8. The topological polar surface area (TPSA) is 87.3 Å². The van der Waals surface area contributed by atoms with Crippen molar-refractivity contribution in [2.75, 3.05) is 24.4 Å². The number of hydrogen-bond acceptors (Lipinski definition) is 4. The normalized spacial score (nSPS) is 11.2. The Hall–Kier alpha value is -2.52. The van der Waals surface area contributed by atoms with E-state index in [0.717, 1.165) is 25.1 Å². The first kappa shape index (κ1) is 20.8. The first-order valence-electron chi connectivity index (χ1n) is 8.40. The van der Waals surface area contributed by atoms with Gasteiger partial charge in [0.1, 0.15) is 0 Å². The van der Waals surface area contributed by atoms with Crippen molar-refractivity contribution in [3.05, 3.63) is 59.7 Å². The highest BCUT2D eigenvalue weighted by atomic mass is 32.2. The fourth-order valence-electron chi connectivity index (χ4n) is 2.22. The quantitative estimate of drug-likeness (QED) is 0.568. The Balaban J connectivity index is 1.98. The largest absolute Gasteiger partial charge is 0.351 e. The van der Waals surface area contributed by atoms with E-state index in [-0.39, 0.29) is 11.6 Å². The van der Waals surface area contributed by atoms with Gasteiger partial charge in [0.2, 0.25) is 0 Å². The monoisotopic (exact) mass is 397 g/mol. The van der Waals surface area contributed by atoms with Gasteiger partial charge in [0.15, 0.2) is 11.6 Å². The van der Waals surface area contributed by atoms with E-state index in [1.54, 1.807) is 0 Å². The van der Waals surface area contributed by atoms with E-state index in [2.05, 4.69) is 15.4 Å². The molecule has 0 saturated heterocycles. The maximum atomic E-state index is 13.2. The molecule has 0 spiro atoms. The molecule has 0 aliphatic rings. The third-order valence-corrected chi connectivity index (χ3v) is 4.99. The second-order valence-electron chi connectivity index (χ2n) is 5.76. The van der Waals surface area contributed by atoms with Gasteiger partial charge in [-0.25, -0.2) is 17.2 Å². The molecular formula is C18H21F2N3O3S. The number of halogens is 2. The fraction of sp³-hybridized carbons (Fsp3) is 0.278. The highest BCUT2D eigenvalue weighted by Crippen LogP contribution is 2.18. The number of amides is 1. The lowest BCUT2D eigenvalue weighted by Crippen LogP contribution is -2.32. The number of hydrogen-bond donors (Lipinski definition) is 3. The third kappa shape index (κ3) is 6.00. The average molecular weight is 397 g/mol. The molecule has 0 unspecified atom stereocenters. The minimum atomic E-state index is -4.07. The van der Waals surface area contributed by atoms with Gasteiger partial charge in [0.05, 0.1) is 4.90 Å². The second kappa shape index (κ2) is 9.43. The fourth-order valence-corrected chi connectivity index (χ4v) is 3.29. The van der Waals surface area contributed by atoms with Gasteiger partial charge in [-0.05, 0) is 55.4 Å². The van der Waals surface area contributed by atoms with E-state index in [1.165, 1.54) is 24.3 Å². The minimum absolute atomic E-state index is 0.195. The van der Waals surface area contributed by atoms with Gasteiger partial charge in [-0.2, -0.15) is 0 Å². The number of carbonyl (C=O) groups is 1. The number of anilines is 1. The maximum Gasteiger partial charge on any atom is 0.261 e. The predicted molar refractivity (Wildman–Crippen MR) is 99.1 cm³/mol. The Morgan fingerprint density at radius 1 is 0.963 bits per heavy atom. The predicted octanol–water partition coefficient (Wildman–Crippen LogP) is 2.50. The van der Waals surface area contributed by atoms with Crippen LogP contribution >= 0.6 is 0 Å². The molecule has 9 heteroatoms. The molecule has 1 amide bonds. The number of nitrogens with one attached hydrogen (secondary N) is 3. The number of rotatable bonds is 9. The molecule has 27 heavy (non-hydrogen) atoms. The maximum absolute atomic E-state index is 13.2.